The Labute approximate surface area is 187 Å². The van der Waals surface area contributed by atoms with E-state index in [1.54, 1.807) is 12.1 Å². The number of sulfonamides is 1. The fourth-order valence-corrected chi connectivity index (χ4v) is 5.53. The van der Waals surface area contributed by atoms with Crippen molar-refractivity contribution in [1.29, 1.82) is 0 Å². The SMILES string of the molecule is CC(=O)Nc1ccc(S(=O)(=O)N2CCC[C@H](C(=O)Nc3cccc4ccccc34)C2)cc1. The van der Waals surface area contributed by atoms with Gasteiger partial charge in [0.15, 0.2) is 0 Å². The molecule has 1 aliphatic heterocycles. The summed E-state index contributed by atoms with van der Waals surface area (Å²) in [4.78, 5) is 24.3. The highest BCUT2D eigenvalue weighted by Crippen LogP contribution is 2.27. The van der Waals surface area contributed by atoms with E-state index >= 15 is 0 Å². The van der Waals surface area contributed by atoms with E-state index < -0.39 is 15.9 Å². The molecule has 1 heterocycles. The first kappa shape index (κ1) is 22.0. The third-order valence-corrected chi connectivity index (χ3v) is 7.49. The Morgan fingerprint density at radius 3 is 2.41 bits per heavy atom. The highest BCUT2D eigenvalue weighted by atomic mass is 32.2. The van der Waals surface area contributed by atoms with Crippen LogP contribution >= 0.6 is 0 Å². The largest absolute Gasteiger partial charge is 0.326 e. The van der Waals surface area contributed by atoms with Gasteiger partial charge in [-0.2, -0.15) is 4.31 Å². The van der Waals surface area contributed by atoms with Gasteiger partial charge >= 0.3 is 0 Å². The molecule has 3 aromatic rings. The quantitative estimate of drug-likeness (QED) is 0.616. The number of nitrogens with one attached hydrogen (secondary N) is 2. The van der Waals surface area contributed by atoms with Crippen molar-refractivity contribution in [3.8, 4) is 0 Å². The van der Waals surface area contributed by atoms with Gasteiger partial charge in [0.25, 0.3) is 0 Å². The van der Waals surface area contributed by atoms with Crippen molar-refractivity contribution in [2.75, 3.05) is 23.7 Å². The molecule has 0 aromatic heterocycles. The molecular formula is C24H25N3O4S. The van der Waals surface area contributed by atoms with Crippen LogP contribution < -0.4 is 10.6 Å². The number of rotatable bonds is 5. The minimum Gasteiger partial charge on any atom is -0.326 e. The van der Waals surface area contributed by atoms with E-state index in [1.165, 1.54) is 23.4 Å². The molecule has 7 nitrogen and oxygen atoms in total. The Balaban J connectivity index is 1.48. The Kier molecular flexibility index (Phi) is 6.25. The molecule has 0 radical (unpaired) electrons. The molecule has 3 aromatic carbocycles. The van der Waals surface area contributed by atoms with E-state index in [1.807, 2.05) is 42.5 Å². The molecule has 0 aliphatic carbocycles. The number of carbonyl (C=O) groups is 2. The van der Waals surface area contributed by atoms with Crippen LogP contribution in [0.15, 0.2) is 71.6 Å². The van der Waals surface area contributed by atoms with Crippen molar-refractivity contribution in [3.05, 3.63) is 66.7 Å². The highest BCUT2D eigenvalue weighted by molar-refractivity contribution is 7.89. The molecule has 8 heteroatoms. The van der Waals surface area contributed by atoms with Crippen LogP contribution in [-0.2, 0) is 19.6 Å². The second-order valence-corrected chi connectivity index (χ2v) is 9.86. The van der Waals surface area contributed by atoms with E-state index in [-0.39, 0.29) is 23.3 Å². The zero-order chi connectivity index (χ0) is 22.7. The summed E-state index contributed by atoms with van der Waals surface area (Å²) in [6.45, 7) is 1.89. The van der Waals surface area contributed by atoms with E-state index in [4.69, 9.17) is 0 Å². The zero-order valence-electron chi connectivity index (χ0n) is 17.7. The Morgan fingerprint density at radius 1 is 0.938 bits per heavy atom. The zero-order valence-corrected chi connectivity index (χ0v) is 18.6. The lowest BCUT2D eigenvalue weighted by atomic mass is 9.98. The predicted molar refractivity (Wildman–Crippen MR) is 125 cm³/mol. The Hall–Kier alpha value is -3.23. The summed E-state index contributed by atoms with van der Waals surface area (Å²) in [5.41, 5.74) is 1.25. The Morgan fingerprint density at radius 2 is 1.66 bits per heavy atom. The number of piperidine rings is 1. The van der Waals surface area contributed by atoms with Crippen molar-refractivity contribution >= 4 is 44.0 Å². The van der Waals surface area contributed by atoms with Crippen molar-refractivity contribution in [2.24, 2.45) is 5.92 Å². The van der Waals surface area contributed by atoms with Crippen LogP contribution in [-0.4, -0.2) is 37.6 Å². The average molecular weight is 452 g/mol. The average Bonchev–Trinajstić information content (AvgIpc) is 2.79. The summed E-state index contributed by atoms with van der Waals surface area (Å²) in [5, 5.41) is 7.59. The minimum atomic E-state index is -3.74. The maximum absolute atomic E-state index is 13.1. The maximum atomic E-state index is 13.1. The van der Waals surface area contributed by atoms with Crippen molar-refractivity contribution in [3.63, 3.8) is 0 Å². The molecule has 2 amide bonds. The van der Waals surface area contributed by atoms with Crippen molar-refractivity contribution in [1.82, 2.24) is 4.31 Å². The van der Waals surface area contributed by atoms with Crippen molar-refractivity contribution in [2.45, 2.75) is 24.7 Å². The summed E-state index contributed by atoms with van der Waals surface area (Å²) in [6.07, 6.45) is 1.24. The summed E-state index contributed by atoms with van der Waals surface area (Å²) in [7, 11) is -3.74. The molecule has 2 N–H and O–H groups in total. The lowest BCUT2D eigenvalue weighted by molar-refractivity contribution is -0.121. The van der Waals surface area contributed by atoms with Gasteiger partial charge in [0.05, 0.1) is 10.8 Å². The second-order valence-electron chi connectivity index (χ2n) is 7.92. The van der Waals surface area contributed by atoms with Gasteiger partial charge in [0, 0.05) is 36.8 Å². The number of hydrogen-bond donors (Lipinski definition) is 2. The molecule has 166 valence electrons. The molecular weight excluding hydrogens is 426 g/mol. The van der Waals surface area contributed by atoms with Gasteiger partial charge in [0.1, 0.15) is 0 Å². The van der Waals surface area contributed by atoms with Gasteiger partial charge in [-0.3, -0.25) is 9.59 Å². The van der Waals surface area contributed by atoms with Crippen LogP contribution in [0.25, 0.3) is 10.8 Å². The molecule has 0 unspecified atom stereocenters. The van der Waals surface area contributed by atoms with Crippen LogP contribution in [0.1, 0.15) is 19.8 Å². The molecule has 0 spiro atoms. The van der Waals surface area contributed by atoms with E-state index in [0.29, 0.717) is 25.1 Å². The second kappa shape index (κ2) is 9.10. The number of hydrogen-bond acceptors (Lipinski definition) is 4. The lowest BCUT2D eigenvalue weighted by Crippen LogP contribution is -2.43. The first-order valence-corrected chi connectivity index (χ1v) is 11.9. The molecule has 1 saturated heterocycles. The molecule has 32 heavy (non-hydrogen) atoms. The maximum Gasteiger partial charge on any atom is 0.243 e. The van der Waals surface area contributed by atoms with Gasteiger partial charge in [-0.15, -0.1) is 0 Å². The number of anilines is 2. The fourth-order valence-electron chi connectivity index (χ4n) is 4.01. The summed E-state index contributed by atoms with van der Waals surface area (Å²) in [6, 6.07) is 19.6. The van der Waals surface area contributed by atoms with E-state index in [2.05, 4.69) is 10.6 Å². The fraction of sp³-hybridized carbons (Fsp3) is 0.250. The number of nitrogens with zero attached hydrogens (tertiary/aromatic N) is 1. The topological polar surface area (TPSA) is 95.6 Å². The monoisotopic (exact) mass is 451 g/mol. The predicted octanol–water partition coefficient (Wildman–Crippen LogP) is 3.84. The summed E-state index contributed by atoms with van der Waals surface area (Å²) in [5.74, 6) is -0.838. The first-order valence-electron chi connectivity index (χ1n) is 10.5. The highest BCUT2D eigenvalue weighted by Gasteiger charge is 2.33. The Bertz CT molecular complexity index is 1250. The lowest BCUT2D eigenvalue weighted by Gasteiger charge is -2.31. The normalized spacial score (nSPS) is 17.1. The number of carbonyl (C=O) groups excluding carboxylic acids is 2. The minimum absolute atomic E-state index is 0.131. The van der Waals surface area contributed by atoms with Gasteiger partial charge < -0.3 is 10.6 Å². The summed E-state index contributed by atoms with van der Waals surface area (Å²) < 4.78 is 27.6. The van der Waals surface area contributed by atoms with Crippen LogP contribution in [0.2, 0.25) is 0 Å². The van der Waals surface area contributed by atoms with Crippen LogP contribution in [0.5, 0.6) is 0 Å². The van der Waals surface area contributed by atoms with E-state index in [9.17, 15) is 18.0 Å². The van der Waals surface area contributed by atoms with E-state index in [0.717, 1.165) is 16.5 Å². The van der Waals surface area contributed by atoms with Gasteiger partial charge in [-0.25, -0.2) is 8.42 Å². The van der Waals surface area contributed by atoms with Crippen molar-refractivity contribution < 1.29 is 18.0 Å². The number of benzene rings is 3. The van der Waals surface area contributed by atoms with Crippen LogP contribution in [0, 0.1) is 5.92 Å². The first-order chi connectivity index (χ1) is 15.3. The van der Waals surface area contributed by atoms with Gasteiger partial charge in [0.2, 0.25) is 21.8 Å². The number of amides is 2. The van der Waals surface area contributed by atoms with Crippen LogP contribution in [0.4, 0.5) is 11.4 Å². The third-order valence-electron chi connectivity index (χ3n) is 5.61. The van der Waals surface area contributed by atoms with Gasteiger partial charge in [-0.05, 0) is 48.6 Å². The molecule has 1 atom stereocenters. The third kappa shape index (κ3) is 4.66. The molecule has 1 aliphatic rings. The van der Waals surface area contributed by atoms with Crippen LogP contribution in [0.3, 0.4) is 0 Å². The summed E-state index contributed by atoms with van der Waals surface area (Å²) >= 11 is 0. The molecule has 0 saturated carbocycles. The molecule has 1 fully saturated rings. The standard InChI is InChI=1S/C24H25N3O4S/c1-17(28)25-20-11-13-21(14-12-20)32(30,31)27-15-5-8-19(16-27)24(29)26-23-10-4-7-18-6-2-3-9-22(18)23/h2-4,6-7,9-14,19H,5,8,15-16H2,1H3,(H,25,28)(H,26,29)/t19-/m0/s1. The molecule has 4 rings (SSSR count). The smallest absolute Gasteiger partial charge is 0.243 e. The molecule has 0 bridgehead atoms. The number of fused-ring (bicyclic) bond motifs is 1. The van der Waals surface area contributed by atoms with Gasteiger partial charge in [-0.1, -0.05) is 36.4 Å².